The molecule has 1 nitrogen and oxygen atoms in total. The fourth-order valence-electron chi connectivity index (χ4n) is 2.97. The molecular weight excluding hydrogens is 405 g/mol. The summed E-state index contributed by atoms with van der Waals surface area (Å²) in [5.41, 5.74) is 4.36. The fourth-order valence-corrected chi connectivity index (χ4v) is 2.97. The molecule has 0 aliphatic carbocycles. The Morgan fingerprint density at radius 2 is 1.08 bits per heavy atom. The van der Waals surface area contributed by atoms with Gasteiger partial charge in [-0.3, -0.25) is 0 Å². The summed E-state index contributed by atoms with van der Waals surface area (Å²) in [7, 11) is 2.06. The summed E-state index contributed by atoms with van der Waals surface area (Å²) < 4.78 is 2.08. The van der Waals surface area contributed by atoms with E-state index in [0.717, 1.165) is 12.8 Å². The Bertz CT molecular complexity index is 545. The SMILES string of the molecule is CCCCCCCCc1ccc(CCc2cc[n+](C)cc2)cc1.[I-]. The van der Waals surface area contributed by atoms with E-state index in [1.807, 2.05) is 0 Å². The first-order chi connectivity index (χ1) is 11.3. The highest BCUT2D eigenvalue weighted by Gasteiger charge is 1.99. The van der Waals surface area contributed by atoms with E-state index in [1.54, 1.807) is 0 Å². The van der Waals surface area contributed by atoms with Crippen LogP contribution in [0.3, 0.4) is 0 Å². The summed E-state index contributed by atoms with van der Waals surface area (Å²) in [6, 6.07) is 13.7. The van der Waals surface area contributed by atoms with Gasteiger partial charge in [0.25, 0.3) is 0 Å². The minimum atomic E-state index is 0. The van der Waals surface area contributed by atoms with E-state index in [1.165, 1.54) is 61.6 Å². The van der Waals surface area contributed by atoms with Gasteiger partial charge >= 0.3 is 0 Å². The van der Waals surface area contributed by atoms with Crippen LogP contribution in [0.4, 0.5) is 0 Å². The number of aryl methyl sites for hydroxylation is 4. The third-order valence-electron chi connectivity index (χ3n) is 4.59. The van der Waals surface area contributed by atoms with Gasteiger partial charge in [0.05, 0.1) is 0 Å². The molecule has 0 spiro atoms. The molecule has 0 saturated carbocycles. The summed E-state index contributed by atoms with van der Waals surface area (Å²) in [6.45, 7) is 2.28. The monoisotopic (exact) mass is 437 g/mol. The van der Waals surface area contributed by atoms with E-state index < -0.39 is 0 Å². The predicted octanol–water partition coefficient (Wildman–Crippen LogP) is 2.20. The van der Waals surface area contributed by atoms with Gasteiger partial charge in [-0.2, -0.15) is 0 Å². The lowest BCUT2D eigenvalue weighted by Gasteiger charge is -2.05. The Kier molecular flexibility index (Phi) is 11.0. The fraction of sp³-hybridized carbons (Fsp3) is 0.500. The third kappa shape index (κ3) is 8.27. The lowest BCUT2D eigenvalue weighted by Crippen LogP contribution is -3.00. The zero-order valence-electron chi connectivity index (χ0n) is 15.3. The van der Waals surface area contributed by atoms with Crippen LogP contribution in [0.5, 0.6) is 0 Å². The topological polar surface area (TPSA) is 3.88 Å². The number of rotatable bonds is 10. The lowest BCUT2D eigenvalue weighted by atomic mass is 10.0. The summed E-state index contributed by atoms with van der Waals surface area (Å²) in [6.07, 6.45) is 16.0. The Labute approximate surface area is 165 Å². The Balaban J connectivity index is 0.00000288. The van der Waals surface area contributed by atoms with Crippen molar-refractivity contribution in [2.24, 2.45) is 7.05 Å². The van der Waals surface area contributed by atoms with Crippen LogP contribution in [0.2, 0.25) is 0 Å². The molecule has 24 heavy (non-hydrogen) atoms. The van der Waals surface area contributed by atoms with Gasteiger partial charge in [-0.25, -0.2) is 4.57 Å². The van der Waals surface area contributed by atoms with Crippen LogP contribution < -0.4 is 28.5 Å². The number of hydrogen-bond acceptors (Lipinski definition) is 0. The second-order valence-corrected chi connectivity index (χ2v) is 6.71. The molecule has 1 aromatic carbocycles. The first-order valence-corrected chi connectivity index (χ1v) is 9.30. The normalized spacial score (nSPS) is 10.4. The molecular formula is C22H32IN. The summed E-state index contributed by atoms with van der Waals surface area (Å²) in [4.78, 5) is 0. The maximum Gasteiger partial charge on any atom is 0.168 e. The van der Waals surface area contributed by atoms with Gasteiger partial charge in [0, 0.05) is 12.1 Å². The van der Waals surface area contributed by atoms with Crippen molar-refractivity contribution in [3.05, 3.63) is 65.5 Å². The van der Waals surface area contributed by atoms with Crippen molar-refractivity contribution in [1.82, 2.24) is 0 Å². The molecule has 0 amide bonds. The van der Waals surface area contributed by atoms with Crippen LogP contribution in [0.15, 0.2) is 48.8 Å². The maximum atomic E-state index is 2.33. The molecule has 1 aromatic heterocycles. The molecule has 2 rings (SSSR count). The Morgan fingerprint density at radius 1 is 0.625 bits per heavy atom. The number of unbranched alkanes of at least 4 members (excludes halogenated alkanes) is 5. The van der Waals surface area contributed by atoms with Crippen LogP contribution in [-0.4, -0.2) is 0 Å². The third-order valence-corrected chi connectivity index (χ3v) is 4.59. The average Bonchev–Trinajstić information content (AvgIpc) is 2.58. The molecule has 0 atom stereocenters. The van der Waals surface area contributed by atoms with E-state index >= 15 is 0 Å². The van der Waals surface area contributed by atoms with Crippen molar-refractivity contribution < 1.29 is 28.5 Å². The second-order valence-electron chi connectivity index (χ2n) is 6.71. The molecule has 0 aliphatic heterocycles. The van der Waals surface area contributed by atoms with Crippen LogP contribution in [0.1, 0.15) is 62.1 Å². The van der Waals surface area contributed by atoms with Crippen LogP contribution in [0.25, 0.3) is 0 Å². The van der Waals surface area contributed by atoms with Crippen molar-refractivity contribution in [1.29, 1.82) is 0 Å². The van der Waals surface area contributed by atoms with Crippen molar-refractivity contribution in [2.75, 3.05) is 0 Å². The number of halogens is 1. The van der Waals surface area contributed by atoms with Crippen LogP contribution >= 0.6 is 0 Å². The number of benzene rings is 1. The van der Waals surface area contributed by atoms with E-state index in [2.05, 4.69) is 67.3 Å². The number of pyridine rings is 1. The molecule has 2 heteroatoms. The molecule has 0 unspecified atom stereocenters. The van der Waals surface area contributed by atoms with E-state index in [4.69, 9.17) is 0 Å². The largest absolute Gasteiger partial charge is 1.00 e. The maximum absolute atomic E-state index is 2.33. The minimum Gasteiger partial charge on any atom is -1.00 e. The van der Waals surface area contributed by atoms with Gasteiger partial charge in [0.1, 0.15) is 7.05 Å². The summed E-state index contributed by atoms with van der Waals surface area (Å²) >= 11 is 0. The molecule has 132 valence electrons. The van der Waals surface area contributed by atoms with Gasteiger partial charge in [-0.15, -0.1) is 0 Å². The van der Waals surface area contributed by atoms with Crippen molar-refractivity contribution >= 4 is 0 Å². The highest BCUT2D eigenvalue weighted by Crippen LogP contribution is 2.12. The van der Waals surface area contributed by atoms with Gasteiger partial charge in [-0.1, -0.05) is 63.3 Å². The van der Waals surface area contributed by atoms with E-state index in [9.17, 15) is 0 Å². The molecule has 0 saturated heterocycles. The van der Waals surface area contributed by atoms with Crippen LogP contribution in [0, 0.1) is 0 Å². The van der Waals surface area contributed by atoms with Crippen molar-refractivity contribution in [3.8, 4) is 0 Å². The zero-order chi connectivity index (χ0) is 16.3. The molecule has 0 N–H and O–H groups in total. The lowest BCUT2D eigenvalue weighted by molar-refractivity contribution is -0.671. The van der Waals surface area contributed by atoms with Gasteiger partial charge in [-0.05, 0) is 42.4 Å². The van der Waals surface area contributed by atoms with Crippen molar-refractivity contribution in [3.63, 3.8) is 0 Å². The predicted molar refractivity (Wildman–Crippen MR) is 98.5 cm³/mol. The number of nitrogens with zero attached hydrogens (tertiary/aromatic N) is 1. The minimum absolute atomic E-state index is 0. The molecule has 1 heterocycles. The first kappa shape index (κ1) is 21.1. The quantitative estimate of drug-likeness (QED) is 0.305. The standard InChI is InChI=1S/C22H32N.HI/c1-3-4-5-6-7-8-9-20-10-12-21(13-11-20)14-15-22-16-18-23(2)19-17-22;/h10-13,16-19H,3-9,14-15H2,1-2H3;1H/q+1;/p-1. The zero-order valence-corrected chi connectivity index (χ0v) is 17.5. The van der Waals surface area contributed by atoms with Gasteiger partial charge in [0.15, 0.2) is 12.4 Å². The molecule has 0 bridgehead atoms. The highest BCUT2D eigenvalue weighted by atomic mass is 127. The molecule has 0 aliphatic rings. The number of hydrogen-bond donors (Lipinski definition) is 0. The van der Waals surface area contributed by atoms with E-state index in [0.29, 0.717) is 0 Å². The average molecular weight is 437 g/mol. The summed E-state index contributed by atoms with van der Waals surface area (Å²) in [5.74, 6) is 0. The van der Waals surface area contributed by atoms with Gasteiger partial charge < -0.3 is 24.0 Å². The number of aromatic nitrogens is 1. The smallest absolute Gasteiger partial charge is 0.168 e. The van der Waals surface area contributed by atoms with Crippen LogP contribution in [-0.2, 0) is 26.3 Å². The molecule has 0 fully saturated rings. The Morgan fingerprint density at radius 3 is 1.67 bits per heavy atom. The van der Waals surface area contributed by atoms with Gasteiger partial charge in [0.2, 0.25) is 0 Å². The first-order valence-electron chi connectivity index (χ1n) is 9.30. The highest BCUT2D eigenvalue weighted by molar-refractivity contribution is 5.24. The Hall–Kier alpha value is -0.900. The second kappa shape index (κ2) is 12.5. The van der Waals surface area contributed by atoms with E-state index in [-0.39, 0.29) is 24.0 Å². The molecule has 2 aromatic rings. The van der Waals surface area contributed by atoms with Crippen molar-refractivity contribution in [2.45, 2.75) is 64.7 Å². The molecule has 0 radical (unpaired) electrons. The summed E-state index contributed by atoms with van der Waals surface area (Å²) in [5, 5.41) is 0.